The monoisotopic (exact) mass is 174 g/mol. The molecule has 1 aromatic rings. The van der Waals surface area contributed by atoms with E-state index in [4.69, 9.17) is 5.11 Å². The number of benzene rings is 1. The lowest BCUT2D eigenvalue weighted by molar-refractivity contribution is 0.449. The maximum Gasteiger partial charge on any atom is 0.134 e. The van der Waals surface area contributed by atoms with Crippen LogP contribution >= 0.6 is 0 Å². The lowest BCUT2D eigenvalue weighted by atomic mass is 10.2. The van der Waals surface area contributed by atoms with Crippen LogP contribution in [-0.2, 0) is 0 Å². The van der Waals surface area contributed by atoms with E-state index in [9.17, 15) is 5.11 Å². The zero-order valence-corrected chi connectivity index (χ0v) is 7.33. The number of rotatable bonds is 0. The summed E-state index contributed by atoms with van der Waals surface area (Å²) in [4.78, 5) is 0. The van der Waals surface area contributed by atoms with Gasteiger partial charge in [-0.15, -0.1) is 0 Å². The molecule has 2 heteroatoms. The quantitative estimate of drug-likeness (QED) is 0.591. The lowest BCUT2D eigenvalue weighted by Gasteiger charge is -1.96. The Kier molecular flexibility index (Phi) is 2.61. The Morgan fingerprint density at radius 1 is 1.38 bits per heavy atom. The number of phenolic OH excluding ortho intramolecular Hbond substituents is 2. The molecule has 2 N–H and O–H groups in total. The molecule has 0 radical (unpaired) electrons. The Balaban J connectivity index is 3.05. The molecule has 0 bridgehead atoms. The SMILES string of the molecule is C=C(C)C#Cc1ccc(O)cc1O. The Bertz CT molecular complexity index is 394. The van der Waals surface area contributed by atoms with Crippen LogP contribution in [-0.4, -0.2) is 10.2 Å². The minimum absolute atomic E-state index is 0.0197. The molecule has 13 heavy (non-hydrogen) atoms. The van der Waals surface area contributed by atoms with Gasteiger partial charge in [-0.25, -0.2) is 0 Å². The molecular formula is C11H10O2. The van der Waals surface area contributed by atoms with Gasteiger partial charge < -0.3 is 10.2 Å². The molecule has 0 saturated carbocycles. The fourth-order valence-corrected chi connectivity index (χ4v) is 0.800. The summed E-state index contributed by atoms with van der Waals surface area (Å²) in [5.41, 5.74) is 1.22. The van der Waals surface area contributed by atoms with Crippen molar-refractivity contribution in [2.45, 2.75) is 6.92 Å². The first-order valence-electron chi connectivity index (χ1n) is 3.79. The molecule has 0 amide bonds. The van der Waals surface area contributed by atoms with E-state index in [1.54, 1.807) is 13.0 Å². The van der Waals surface area contributed by atoms with Crippen molar-refractivity contribution in [1.82, 2.24) is 0 Å². The molecule has 0 unspecified atom stereocenters. The van der Waals surface area contributed by atoms with E-state index in [0.29, 0.717) is 5.56 Å². The second kappa shape index (κ2) is 3.68. The molecule has 0 aliphatic carbocycles. The van der Waals surface area contributed by atoms with Gasteiger partial charge in [0.25, 0.3) is 0 Å². The van der Waals surface area contributed by atoms with Crippen molar-refractivity contribution in [3.05, 3.63) is 35.9 Å². The standard InChI is InChI=1S/C11H10O2/c1-8(2)3-4-9-5-6-10(12)7-11(9)13/h5-7,12-13H,1H2,2H3. The molecule has 66 valence electrons. The topological polar surface area (TPSA) is 40.5 Å². The van der Waals surface area contributed by atoms with Crippen LogP contribution in [0, 0.1) is 11.8 Å². The van der Waals surface area contributed by atoms with Crippen LogP contribution in [0.4, 0.5) is 0 Å². The summed E-state index contributed by atoms with van der Waals surface area (Å²) in [6.07, 6.45) is 0. The molecule has 1 aromatic carbocycles. The molecular weight excluding hydrogens is 164 g/mol. The van der Waals surface area contributed by atoms with Crippen molar-refractivity contribution in [2.75, 3.05) is 0 Å². The van der Waals surface area contributed by atoms with Gasteiger partial charge in [0.05, 0.1) is 5.56 Å². The number of phenols is 2. The zero-order valence-electron chi connectivity index (χ0n) is 7.33. The summed E-state index contributed by atoms with van der Waals surface area (Å²) in [6.45, 7) is 5.39. The smallest absolute Gasteiger partial charge is 0.134 e. The number of aromatic hydroxyl groups is 2. The highest BCUT2D eigenvalue weighted by atomic mass is 16.3. The molecule has 0 fully saturated rings. The minimum Gasteiger partial charge on any atom is -0.508 e. The minimum atomic E-state index is -0.0197. The van der Waals surface area contributed by atoms with Crippen LogP contribution in [0.3, 0.4) is 0 Å². The fourth-order valence-electron chi connectivity index (χ4n) is 0.800. The van der Waals surface area contributed by atoms with Crippen molar-refractivity contribution in [2.24, 2.45) is 0 Å². The molecule has 2 nitrogen and oxygen atoms in total. The highest BCUT2D eigenvalue weighted by Crippen LogP contribution is 2.21. The van der Waals surface area contributed by atoms with Gasteiger partial charge in [0.2, 0.25) is 0 Å². The van der Waals surface area contributed by atoms with Crippen molar-refractivity contribution >= 4 is 0 Å². The zero-order chi connectivity index (χ0) is 9.84. The summed E-state index contributed by atoms with van der Waals surface area (Å²) in [6, 6.07) is 4.28. The van der Waals surface area contributed by atoms with Gasteiger partial charge in [-0.05, 0) is 24.6 Å². The van der Waals surface area contributed by atoms with Crippen LogP contribution in [0.15, 0.2) is 30.4 Å². The second-order valence-electron chi connectivity index (χ2n) is 2.73. The Hall–Kier alpha value is -1.88. The van der Waals surface area contributed by atoms with Crippen molar-refractivity contribution in [1.29, 1.82) is 0 Å². The predicted molar refractivity (Wildman–Crippen MR) is 51.5 cm³/mol. The fraction of sp³-hybridized carbons (Fsp3) is 0.0909. The summed E-state index contributed by atoms with van der Waals surface area (Å²) >= 11 is 0. The highest BCUT2D eigenvalue weighted by molar-refractivity contribution is 5.50. The Morgan fingerprint density at radius 3 is 2.62 bits per heavy atom. The normalized spacial score (nSPS) is 8.69. The van der Waals surface area contributed by atoms with E-state index in [0.717, 1.165) is 5.57 Å². The van der Waals surface area contributed by atoms with Crippen LogP contribution in [0.2, 0.25) is 0 Å². The third kappa shape index (κ3) is 2.57. The molecule has 0 heterocycles. The van der Waals surface area contributed by atoms with Crippen molar-refractivity contribution < 1.29 is 10.2 Å². The lowest BCUT2D eigenvalue weighted by Crippen LogP contribution is -1.76. The van der Waals surface area contributed by atoms with E-state index in [1.165, 1.54) is 12.1 Å². The van der Waals surface area contributed by atoms with E-state index >= 15 is 0 Å². The Morgan fingerprint density at radius 2 is 2.08 bits per heavy atom. The number of hydrogen-bond acceptors (Lipinski definition) is 2. The molecule has 0 aliphatic heterocycles. The first-order valence-corrected chi connectivity index (χ1v) is 3.79. The van der Waals surface area contributed by atoms with E-state index in [2.05, 4.69) is 18.4 Å². The average Bonchev–Trinajstić information content (AvgIpc) is 2.02. The highest BCUT2D eigenvalue weighted by Gasteiger charge is 1.97. The van der Waals surface area contributed by atoms with E-state index in [1.807, 2.05) is 0 Å². The molecule has 0 spiro atoms. The van der Waals surface area contributed by atoms with E-state index in [-0.39, 0.29) is 11.5 Å². The van der Waals surface area contributed by atoms with Crippen LogP contribution in [0.25, 0.3) is 0 Å². The maximum atomic E-state index is 9.31. The van der Waals surface area contributed by atoms with Crippen molar-refractivity contribution in [3.8, 4) is 23.3 Å². The molecule has 0 aromatic heterocycles. The Labute approximate surface area is 77.2 Å². The predicted octanol–water partition coefficient (Wildman–Crippen LogP) is 2.03. The summed E-state index contributed by atoms with van der Waals surface area (Å²) in [5, 5.41) is 18.3. The van der Waals surface area contributed by atoms with Crippen LogP contribution < -0.4 is 0 Å². The van der Waals surface area contributed by atoms with Gasteiger partial charge in [-0.2, -0.15) is 0 Å². The van der Waals surface area contributed by atoms with E-state index < -0.39 is 0 Å². The first-order chi connectivity index (χ1) is 6.09. The summed E-state index contributed by atoms with van der Waals surface area (Å²) in [7, 11) is 0. The second-order valence-corrected chi connectivity index (χ2v) is 2.73. The number of allylic oxidation sites excluding steroid dienone is 1. The van der Waals surface area contributed by atoms with Crippen molar-refractivity contribution in [3.63, 3.8) is 0 Å². The van der Waals surface area contributed by atoms with Crippen LogP contribution in [0.5, 0.6) is 11.5 Å². The molecule has 1 rings (SSSR count). The summed E-state index contributed by atoms with van der Waals surface area (Å²) in [5.74, 6) is 5.47. The van der Waals surface area contributed by atoms with Gasteiger partial charge in [-0.1, -0.05) is 18.4 Å². The van der Waals surface area contributed by atoms with Gasteiger partial charge in [0.15, 0.2) is 0 Å². The first kappa shape index (κ1) is 9.21. The molecule has 0 aliphatic rings. The van der Waals surface area contributed by atoms with Gasteiger partial charge >= 0.3 is 0 Å². The largest absolute Gasteiger partial charge is 0.508 e. The third-order valence-electron chi connectivity index (χ3n) is 1.39. The molecule has 0 saturated heterocycles. The average molecular weight is 174 g/mol. The van der Waals surface area contributed by atoms with Crippen LogP contribution in [0.1, 0.15) is 12.5 Å². The van der Waals surface area contributed by atoms with Gasteiger partial charge in [0.1, 0.15) is 11.5 Å². The number of hydrogen-bond donors (Lipinski definition) is 2. The maximum absolute atomic E-state index is 9.31. The summed E-state index contributed by atoms with van der Waals surface area (Å²) < 4.78 is 0. The van der Waals surface area contributed by atoms with Gasteiger partial charge in [-0.3, -0.25) is 0 Å². The third-order valence-corrected chi connectivity index (χ3v) is 1.39. The molecule has 0 atom stereocenters. The van der Waals surface area contributed by atoms with Gasteiger partial charge in [0, 0.05) is 6.07 Å².